The van der Waals surface area contributed by atoms with Crippen molar-refractivity contribution in [3.8, 4) is 0 Å². The third kappa shape index (κ3) is 5.33. The van der Waals surface area contributed by atoms with E-state index in [0.29, 0.717) is 17.5 Å². The number of hydrogen-bond acceptors (Lipinski definition) is 3. The summed E-state index contributed by atoms with van der Waals surface area (Å²) in [6.45, 7) is 11.5. The number of rotatable bonds is 6. The summed E-state index contributed by atoms with van der Waals surface area (Å²) in [5.41, 5.74) is 3.39. The molecule has 1 aliphatic rings. The standard InChI is InChI=1S/C25H33N3O/c1-19(2)10-11-24(22-8-6-5-7-9-22)18-27-16-17-28(21(4)20(27)3)25(29)23-12-14-26-15-13-23/h5-9,11-15,19-21H,10,16-18H2,1-4H3/b24-11+/t20-,21+/m0/s1. The van der Waals surface area contributed by atoms with E-state index in [-0.39, 0.29) is 11.9 Å². The van der Waals surface area contributed by atoms with Gasteiger partial charge in [-0.25, -0.2) is 0 Å². The quantitative estimate of drug-likeness (QED) is 0.713. The lowest BCUT2D eigenvalue weighted by molar-refractivity contribution is 0.0325. The molecule has 0 unspecified atom stereocenters. The van der Waals surface area contributed by atoms with Gasteiger partial charge in [-0.2, -0.15) is 0 Å². The van der Waals surface area contributed by atoms with Crippen LogP contribution in [0.25, 0.3) is 5.57 Å². The largest absolute Gasteiger partial charge is 0.333 e. The van der Waals surface area contributed by atoms with Gasteiger partial charge in [-0.1, -0.05) is 50.3 Å². The lowest BCUT2D eigenvalue weighted by atomic mass is 9.98. The fraction of sp³-hybridized carbons (Fsp3) is 0.440. The molecule has 0 N–H and O–H groups in total. The van der Waals surface area contributed by atoms with Crippen LogP contribution in [-0.2, 0) is 0 Å². The Morgan fingerprint density at radius 2 is 1.72 bits per heavy atom. The van der Waals surface area contributed by atoms with Crippen LogP contribution in [-0.4, -0.2) is 52.4 Å². The first-order valence-corrected chi connectivity index (χ1v) is 10.7. The van der Waals surface area contributed by atoms with E-state index in [0.717, 1.165) is 26.1 Å². The molecule has 4 heteroatoms. The van der Waals surface area contributed by atoms with Crippen LogP contribution in [0.4, 0.5) is 0 Å². The van der Waals surface area contributed by atoms with E-state index >= 15 is 0 Å². The summed E-state index contributed by atoms with van der Waals surface area (Å²) in [6, 6.07) is 14.7. The van der Waals surface area contributed by atoms with Crippen molar-refractivity contribution in [1.29, 1.82) is 0 Å². The molecule has 29 heavy (non-hydrogen) atoms. The highest BCUT2D eigenvalue weighted by atomic mass is 16.2. The smallest absolute Gasteiger partial charge is 0.254 e. The average molecular weight is 392 g/mol. The molecule has 2 atom stereocenters. The van der Waals surface area contributed by atoms with Gasteiger partial charge in [0.05, 0.1) is 0 Å². The molecule has 1 aromatic heterocycles. The minimum absolute atomic E-state index is 0.102. The highest BCUT2D eigenvalue weighted by Gasteiger charge is 2.34. The minimum atomic E-state index is 0.102. The first kappa shape index (κ1) is 21.3. The monoisotopic (exact) mass is 391 g/mol. The van der Waals surface area contributed by atoms with E-state index < -0.39 is 0 Å². The molecule has 1 aromatic carbocycles. The summed E-state index contributed by atoms with van der Waals surface area (Å²) in [7, 11) is 0. The highest BCUT2D eigenvalue weighted by Crippen LogP contribution is 2.24. The van der Waals surface area contributed by atoms with Gasteiger partial charge in [0.15, 0.2) is 0 Å². The number of amides is 1. The van der Waals surface area contributed by atoms with Gasteiger partial charge < -0.3 is 4.90 Å². The van der Waals surface area contributed by atoms with Crippen LogP contribution < -0.4 is 0 Å². The van der Waals surface area contributed by atoms with E-state index in [1.807, 2.05) is 4.90 Å². The second kappa shape index (κ2) is 9.84. The Morgan fingerprint density at radius 3 is 2.38 bits per heavy atom. The summed E-state index contributed by atoms with van der Waals surface area (Å²) in [6.07, 6.45) is 6.84. The Hall–Kier alpha value is -2.46. The number of pyridine rings is 1. The Labute approximate surface area is 175 Å². The van der Waals surface area contributed by atoms with E-state index in [4.69, 9.17) is 0 Å². The van der Waals surface area contributed by atoms with Gasteiger partial charge in [0.1, 0.15) is 0 Å². The number of hydrogen-bond donors (Lipinski definition) is 0. The molecule has 1 amide bonds. The fourth-order valence-corrected chi connectivity index (χ4v) is 3.90. The van der Waals surface area contributed by atoms with Crippen LogP contribution in [0.5, 0.6) is 0 Å². The zero-order chi connectivity index (χ0) is 20.8. The molecule has 1 saturated heterocycles. The van der Waals surface area contributed by atoms with Crippen molar-refractivity contribution in [3.63, 3.8) is 0 Å². The number of aromatic nitrogens is 1. The van der Waals surface area contributed by atoms with Gasteiger partial charge in [0, 0.05) is 49.7 Å². The van der Waals surface area contributed by atoms with Gasteiger partial charge >= 0.3 is 0 Å². The predicted octanol–water partition coefficient (Wildman–Crippen LogP) is 4.75. The molecular weight excluding hydrogens is 358 g/mol. The van der Waals surface area contributed by atoms with Crippen molar-refractivity contribution in [2.75, 3.05) is 19.6 Å². The molecule has 0 aliphatic carbocycles. The van der Waals surface area contributed by atoms with Crippen LogP contribution in [0.1, 0.15) is 50.0 Å². The normalized spacial score (nSPS) is 20.9. The molecule has 3 rings (SSSR count). The second-order valence-corrected chi connectivity index (χ2v) is 8.41. The summed E-state index contributed by atoms with van der Waals surface area (Å²) in [4.78, 5) is 21.5. The molecule has 154 valence electrons. The summed E-state index contributed by atoms with van der Waals surface area (Å²) < 4.78 is 0. The minimum Gasteiger partial charge on any atom is -0.333 e. The third-order valence-corrected chi connectivity index (χ3v) is 5.94. The van der Waals surface area contributed by atoms with Crippen LogP contribution in [0.15, 0.2) is 60.9 Å². The van der Waals surface area contributed by atoms with Crippen molar-refractivity contribution in [3.05, 3.63) is 72.1 Å². The molecule has 0 saturated carbocycles. The lowest BCUT2D eigenvalue weighted by Gasteiger charge is -2.45. The molecule has 1 aliphatic heterocycles. The van der Waals surface area contributed by atoms with Crippen molar-refractivity contribution in [1.82, 2.24) is 14.8 Å². The maximum Gasteiger partial charge on any atom is 0.254 e. The van der Waals surface area contributed by atoms with Crippen LogP contribution in [0, 0.1) is 5.92 Å². The van der Waals surface area contributed by atoms with Gasteiger partial charge in [0.2, 0.25) is 0 Å². The predicted molar refractivity (Wildman–Crippen MR) is 120 cm³/mol. The van der Waals surface area contributed by atoms with Crippen LogP contribution >= 0.6 is 0 Å². The van der Waals surface area contributed by atoms with E-state index in [1.165, 1.54) is 11.1 Å². The Balaban J connectivity index is 1.73. The Morgan fingerprint density at radius 1 is 1.03 bits per heavy atom. The maximum absolute atomic E-state index is 13.0. The number of allylic oxidation sites excluding steroid dienone is 1. The van der Waals surface area contributed by atoms with E-state index in [1.54, 1.807) is 24.5 Å². The molecule has 0 radical (unpaired) electrons. The highest BCUT2D eigenvalue weighted by molar-refractivity contribution is 5.94. The molecule has 1 fully saturated rings. The zero-order valence-corrected chi connectivity index (χ0v) is 18.1. The molecule has 0 spiro atoms. The molecule has 2 aromatic rings. The third-order valence-electron chi connectivity index (χ3n) is 5.94. The van der Waals surface area contributed by atoms with Gasteiger partial charge in [-0.05, 0) is 49.5 Å². The first-order chi connectivity index (χ1) is 14.0. The van der Waals surface area contributed by atoms with Crippen molar-refractivity contribution < 1.29 is 4.79 Å². The topological polar surface area (TPSA) is 36.4 Å². The summed E-state index contributed by atoms with van der Waals surface area (Å²) >= 11 is 0. The average Bonchev–Trinajstić information content (AvgIpc) is 2.74. The Bertz CT molecular complexity index is 816. The van der Waals surface area contributed by atoms with Gasteiger partial charge in [0.25, 0.3) is 5.91 Å². The molecule has 0 bridgehead atoms. The maximum atomic E-state index is 13.0. The van der Waals surface area contributed by atoms with Gasteiger partial charge in [-0.15, -0.1) is 0 Å². The Kier molecular flexibility index (Phi) is 7.21. The fourth-order valence-electron chi connectivity index (χ4n) is 3.90. The van der Waals surface area contributed by atoms with E-state index in [9.17, 15) is 4.79 Å². The second-order valence-electron chi connectivity index (χ2n) is 8.41. The first-order valence-electron chi connectivity index (χ1n) is 10.7. The van der Waals surface area contributed by atoms with Crippen LogP contribution in [0.2, 0.25) is 0 Å². The van der Waals surface area contributed by atoms with Crippen LogP contribution in [0.3, 0.4) is 0 Å². The summed E-state index contributed by atoms with van der Waals surface area (Å²) in [5, 5.41) is 0. The number of carbonyl (C=O) groups is 1. The molecule has 2 heterocycles. The SMILES string of the molecule is CC(C)C/C=C(\CN1CCN(C(=O)c2ccncc2)[C@H](C)[C@@H]1C)c1ccccc1. The number of carbonyl (C=O) groups excluding carboxylic acids is 1. The number of benzene rings is 1. The number of piperazine rings is 1. The molecule has 4 nitrogen and oxygen atoms in total. The van der Waals surface area contributed by atoms with Gasteiger partial charge in [-0.3, -0.25) is 14.7 Å². The van der Waals surface area contributed by atoms with E-state index in [2.05, 4.69) is 74.0 Å². The number of nitrogens with zero attached hydrogens (tertiary/aromatic N) is 3. The van der Waals surface area contributed by atoms with Crippen molar-refractivity contribution in [2.24, 2.45) is 5.92 Å². The van der Waals surface area contributed by atoms with Crippen molar-refractivity contribution in [2.45, 2.75) is 46.2 Å². The lowest BCUT2D eigenvalue weighted by Crippen LogP contribution is -2.59. The van der Waals surface area contributed by atoms with Crippen molar-refractivity contribution >= 4 is 11.5 Å². The summed E-state index contributed by atoms with van der Waals surface area (Å²) in [5.74, 6) is 0.741. The molecular formula is C25H33N3O. The zero-order valence-electron chi connectivity index (χ0n) is 18.1.